The Morgan fingerprint density at radius 2 is 2.03 bits per heavy atom. The Bertz CT molecular complexity index is 938. The molecule has 1 saturated carbocycles. The summed E-state index contributed by atoms with van der Waals surface area (Å²) >= 11 is 0. The summed E-state index contributed by atoms with van der Waals surface area (Å²) in [5.74, 6) is -1.37. The van der Waals surface area contributed by atoms with Crippen LogP contribution in [0, 0.1) is 18.8 Å². The number of carboxylic acid groups (broad SMARTS) is 1. The van der Waals surface area contributed by atoms with Crippen LogP contribution in [0.1, 0.15) is 42.7 Å². The summed E-state index contributed by atoms with van der Waals surface area (Å²) in [6.07, 6.45) is -4.63. The maximum Gasteiger partial charge on any atom is 0.433 e. The van der Waals surface area contributed by atoms with Crippen LogP contribution in [0.5, 0.6) is 11.6 Å². The van der Waals surface area contributed by atoms with E-state index in [2.05, 4.69) is 5.10 Å². The molecule has 2 N–H and O–H groups in total. The van der Waals surface area contributed by atoms with E-state index in [0.717, 1.165) is 4.68 Å². The van der Waals surface area contributed by atoms with Gasteiger partial charge in [0, 0.05) is 12.6 Å². The first-order valence-electron chi connectivity index (χ1n) is 9.88. The van der Waals surface area contributed by atoms with E-state index in [0.29, 0.717) is 30.8 Å². The molecule has 0 amide bonds. The first-order chi connectivity index (χ1) is 14.5. The molecule has 10 heteroatoms. The summed E-state index contributed by atoms with van der Waals surface area (Å²) in [7, 11) is 1.24. The number of nitrogens with zero attached hydrogens (tertiary/aromatic N) is 2. The number of rotatable bonds is 8. The Balaban J connectivity index is 1.51. The largest absolute Gasteiger partial charge is 0.493 e. The average Bonchev–Trinajstić information content (AvgIpc) is 2.95. The fraction of sp³-hybridized carbons (Fsp3) is 0.524. The molecule has 1 aliphatic carbocycles. The van der Waals surface area contributed by atoms with E-state index in [1.54, 1.807) is 24.3 Å². The van der Waals surface area contributed by atoms with Gasteiger partial charge >= 0.3 is 12.1 Å². The second-order valence-corrected chi connectivity index (χ2v) is 7.93. The normalized spacial score (nSPS) is 20.6. The van der Waals surface area contributed by atoms with Gasteiger partial charge in [-0.1, -0.05) is 12.1 Å². The topological polar surface area (TPSA) is 93.8 Å². The van der Waals surface area contributed by atoms with Crippen LogP contribution >= 0.6 is 0 Å². The van der Waals surface area contributed by atoms with Crippen molar-refractivity contribution >= 4 is 5.97 Å². The van der Waals surface area contributed by atoms with Gasteiger partial charge in [-0.3, -0.25) is 9.48 Å². The second-order valence-electron chi connectivity index (χ2n) is 7.93. The molecule has 1 aliphatic rings. The number of ether oxygens (including phenoxy) is 2. The number of aliphatic hydroxyl groups excluding tert-OH is 1. The Morgan fingerprint density at radius 1 is 1.35 bits per heavy atom. The van der Waals surface area contributed by atoms with Gasteiger partial charge in [0.05, 0.1) is 18.6 Å². The summed E-state index contributed by atoms with van der Waals surface area (Å²) in [6.45, 7) is 3.15. The summed E-state index contributed by atoms with van der Waals surface area (Å²) < 4.78 is 51.4. The number of hydrogen-bond acceptors (Lipinski definition) is 5. The number of aryl methyl sites for hydroxylation is 1. The monoisotopic (exact) mass is 442 g/mol. The van der Waals surface area contributed by atoms with Crippen LogP contribution < -0.4 is 9.47 Å². The van der Waals surface area contributed by atoms with Crippen LogP contribution in [-0.4, -0.2) is 38.7 Å². The Labute approximate surface area is 177 Å². The number of carboxylic acids is 1. The number of carbonyl (C=O) groups is 1. The number of aliphatic hydroxyl groups is 1. The minimum atomic E-state index is -4.49. The van der Waals surface area contributed by atoms with Gasteiger partial charge in [0.2, 0.25) is 5.88 Å². The summed E-state index contributed by atoms with van der Waals surface area (Å²) in [4.78, 5) is 11.0. The van der Waals surface area contributed by atoms with E-state index in [1.165, 1.54) is 20.9 Å². The molecule has 1 aromatic carbocycles. The third kappa shape index (κ3) is 5.12. The molecule has 1 fully saturated rings. The zero-order chi connectivity index (χ0) is 22.9. The van der Waals surface area contributed by atoms with Gasteiger partial charge < -0.3 is 19.7 Å². The van der Waals surface area contributed by atoms with Crippen molar-refractivity contribution in [2.75, 3.05) is 6.61 Å². The summed E-state index contributed by atoms with van der Waals surface area (Å²) in [6, 6.07) is 6.63. The molecule has 31 heavy (non-hydrogen) atoms. The van der Waals surface area contributed by atoms with Gasteiger partial charge in [0.1, 0.15) is 17.5 Å². The van der Waals surface area contributed by atoms with E-state index in [-0.39, 0.29) is 23.5 Å². The van der Waals surface area contributed by atoms with Crippen molar-refractivity contribution in [2.24, 2.45) is 18.9 Å². The molecule has 0 aliphatic heterocycles. The van der Waals surface area contributed by atoms with Crippen molar-refractivity contribution in [2.45, 2.75) is 45.1 Å². The number of halogens is 3. The van der Waals surface area contributed by atoms with Gasteiger partial charge in [0.15, 0.2) is 0 Å². The molecule has 0 radical (unpaired) electrons. The molecule has 1 aromatic heterocycles. The standard InChI is InChI=1S/C21H25F3N2O5/c1-11(20(28)29)17(27)14-5-4-6-15(9-14)30-10-13-7-16(8-13)31-19-12(2)18(21(22,23)24)26(3)25-19/h4-6,9,11,13,16-17,27H,7-8,10H2,1-3H3,(H,28,29)/t11-,13?,16?,17+/m0/s1. The third-order valence-corrected chi connectivity index (χ3v) is 5.53. The molecule has 0 spiro atoms. The average molecular weight is 442 g/mol. The quantitative estimate of drug-likeness (QED) is 0.647. The first kappa shape index (κ1) is 22.9. The summed E-state index contributed by atoms with van der Waals surface area (Å²) in [5, 5.41) is 23.0. The highest BCUT2D eigenvalue weighted by Gasteiger charge is 2.39. The molecule has 2 aromatic rings. The molecular weight excluding hydrogens is 417 g/mol. The van der Waals surface area contributed by atoms with Crippen molar-refractivity contribution in [1.29, 1.82) is 0 Å². The number of aliphatic carboxylic acids is 1. The van der Waals surface area contributed by atoms with Crippen LogP contribution in [0.4, 0.5) is 13.2 Å². The molecule has 3 rings (SSSR count). The molecule has 7 nitrogen and oxygen atoms in total. The van der Waals surface area contributed by atoms with Gasteiger partial charge in [-0.05, 0) is 50.3 Å². The van der Waals surface area contributed by atoms with Crippen LogP contribution in [0.25, 0.3) is 0 Å². The lowest BCUT2D eigenvalue weighted by atomic mass is 9.83. The highest BCUT2D eigenvalue weighted by atomic mass is 19.4. The van der Waals surface area contributed by atoms with Crippen LogP contribution in [0.2, 0.25) is 0 Å². The highest BCUT2D eigenvalue weighted by Crippen LogP contribution is 2.38. The van der Waals surface area contributed by atoms with E-state index < -0.39 is 29.9 Å². The summed E-state index contributed by atoms with van der Waals surface area (Å²) in [5.41, 5.74) is -0.394. The van der Waals surface area contributed by atoms with E-state index in [1.807, 2.05) is 0 Å². The predicted molar refractivity (Wildman–Crippen MR) is 104 cm³/mol. The van der Waals surface area contributed by atoms with E-state index >= 15 is 0 Å². The maximum atomic E-state index is 13.1. The zero-order valence-electron chi connectivity index (χ0n) is 17.4. The zero-order valence-corrected chi connectivity index (χ0v) is 17.4. The Morgan fingerprint density at radius 3 is 2.61 bits per heavy atom. The molecule has 0 saturated heterocycles. The number of hydrogen-bond donors (Lipinski definition) is 2. The fourth-order valence-corrected chi connectivity index (χ4v) is 3.60. The molecule has 170 valence electrons. The van der Waals surface area contributed by atoms with Crippen molar-refractivity contribution in [3.8, 4) is 11.6 Å². The molecule has 0 bridgehead atoms. The predicted octanol–water partition coefficient (Wildman–Crippen LogP) is 3.74. The smallest absolute Gasteiger partial charge is 0.433 e. The number of benzene rings is 1. The van der Waals surface area contributed by atoms with Gasteiger partial charge in [0.25, 0.3) is 0 Å². The number of aromatic nitrogens is 2. The van der Waals surface area contributed by atoms with Gasteiger partial charge in [-0.25, -0.2) is 0 Å². The lowest BCUT2D eigenvalue weighted by molar-refractivity contribution is -0.145. The van der Waals surface area contributed by atoms with Crippen molar-refractivity contribution in [3.05, 3.63) is 41.1 Å². The third-order valence-electron chi connectivity index (χ3n) is 5.53. The van der Waals surface area contributed by atoms with Crippen LogP contribution in [-0.2, 0) is 18.0 Å². The minimum absolute atomic E-state index is 0.00608. The van der Waals surface area contributed by atoms with Crippen molar-refractivity contribution < 1.29 is 37.7 Å². The van der Waals surface area contributed by atoms with Gasteiger partial charge in [-0.2, -0.15) is 13.2 Å². The minimum Gasteiger partial charge on any atom is -0.493 e. The Kier molecular flexibility index (Phi) is 6.49. The second kappa shape index (κ2) is 8.78. The fourth-order valence-electron chi connectivity index (χ4n) is 3.60. The maximum absolute atomic E-state index is 13.1. The van der Waals surface area contributed by atoms with E-state index in [4.69, 9.17) is 14.6 Å². The highest BCUT2D eigenvalue weighted by molar-refractivity contribution is 5.70. The number of alkyl halides is 3. The van der Waals surface area contributed by atoms with Crippen molar-refractivity contribution in [3.63, 3.8) is 0 Å². The van der Waals surface area contributed by atoms with Crippen LogP contribution in [0.3, 0.4) is 0 Å². The molecule has 0 unspecified atom stereocenters. The van der Waals surface area contributed by atoms with E-state index in [9.17, 15) is 23.1 Å². The first-order valence-corrected chi connectivity index (χ1v) is 9.88. The van der Waals surface area contributed by atoms with Gasteiger partial charge in [-0.15, -0.1) is 5.10 Å². The van der Waals surface area contributed by atoms with Crippen LogP contribution in [0.15, 0.2) is 24.3 Å². The SMILES string of the molecule is Cc1c(OC2CC(COc3cccc([C@H](O)[C@H](C)C(=O)O)c3)C2)nn(C)c1C(F)(F)F. The molecule has 1 heterocycles. The Hall–Kier alpha value is -2.75. The van der Waals surface area contributed by atoms with Crippen molar-refractivity contribution in [1.82, 2.24) is 9.78 Å². The lowest BCUT2D eigenvalue weighted by Gasteiger charge is -2.34. The lowest BCUT2D eigenvalue weighted by Crippen LogP contribution is -2.37. The molecule has 2 atom stereocenters. The molecular formula is C21H25F3N2O5.